The number of thiophene rings is 1. The average Bonchev–Trinajstić information content (AvgIpc) is 3.11. The van der Waals surface area contributed by atoms with Crippen molar-refractivity contribution in [1.82, 2.24) is 10.4 Å². The van der Waals surface area contributed by atoms with E-state index in [2.05, 4.69) is 15.8 Å². The van der Waals surface area contributed by atoms with Crippen molar-refractivity contribution in [3.63, 3.8) is 0 Å². The summed E-state index contributed by atoms with van der Waals surface area (Å²) < 4.78 is 18.3. The summed E-state index contributed by atoms with van der Waals surface area (Å²) in [4.78, 5) is 17.5. The van der Waals surface area contributed by atoms with Crippen LogP contribution in [-0.2, 0) is 0 Å². The lowest BCUT2D eigenvalue weighted by Gasteiger charge is -2.08. The van der Waals surface area contributed by atoms with Crippen molar-refractivity contribution in [1.29, 1.82) is 0 Å². The molecule has 0 unspecified atom stereocenters. The molecule has 7 heteroatoms. The van der Waals surface area contributed by atoms with Gasteiger partial charge in [-0.2, -0.15) is 0 Å². The minimum absolute atomic E-state index is 0.0994. The summed E-state index contributed by atoms with van der Waals surface area (Å²) in [5.41, 5.74) is 6.52. The summed E-state index contributed by atoms with van der Waals surface area (Å²) in [6, 6.07) is 14.6. The lowest BCUT2D eigenvalue weighted by Crippen LogP contribution is -2.28. The van der Waals surface area contributed by atoms with Gasteiger partial charge in [-0.15, -0.1) is 11.3 Å². The number of halogens is 1. The molecule has 0 aliphatic heterocycles. The van der Waals surface area contributed by atoms with Crippen molar-refractivity contribution < 1.29 is 13.9 Å². The Morgan fingerprint density at radius 1 is 1.21 bits per heavy atom. The third kappa shape index (κ3) is 3.52. The van der Waals surface area contributed by atoms with E-state index in [0.29, 0.717) is 10.6 Å². The largest absolute Gasteiger partial charge is 0.479 e. The van der Waals surface area contributed by atoms with Crippen LogP contribution < -0.4 is 15.6 Å². The number of nitrogens with zero attached hydrogens (tertiary/aromatic N) is 1. The van der Waals surface area contributed by atoms with Gasteiger partial charge in [0.15, 0.2) is 5.82 Å². The first-order chi connectivity index (χ1) is 11.7. The fourth-order valence-electron chi connectivity index (χ4n) is 2.05. The van der Waals surface area contributed by atoms with E-state index in [1.54, 1.807) is 6.07 Å². The van der Waals surface area contributed by atoms with E-state index in [1.165, 1.54) is 30.7 Å². The van der Waals surface area contributed by atoms with Gasteiger partial charge in [-0.25, -0.2) is 9.37 Å². The number of amides is 1. The van der Waals surface area contributed by atoms with E-state index < -0.39 is 5.82 Å². The Balaban J connectivity index is 1.65. The van der Waals surface area contributed by atoms with Crippen LogP contribution in [0.25, 0.3) is 10.4 Å². The molecule has 0 saturated heterocycles. The minimum atomic E-state index is -0.612. The number of hydrogen-bond donors (Lipinski definition) is 2. The number of hydrazine groups is 1. The molecule has 0 saturated carbocycles. The van der Waals surface area contributed by atoms with Crippen LogP contribution in [0.1, 0.15) is 9.67 Å². The topological polar surface area (TPSA) is 63.2 Å². The summed E-state index contributed by atoms with van der Waals surface area (Å²) >= 11 is 1.38. The summed E-state index contributed by atoms with van der Waals surface area (Å²) in [7, 11) is 1.33. The molecule has 5 nitrogen and oxygen atoms in total. The van der Waals surface area contributed by atoms with Crippen molar-refractivity contribution in [3.8, 4) is 16.3 Å². The molecule has 0 fully saturated rings. The van der Waals surface area contributed by atoms with Crippen LogP contribution in [0.15, 0.2) is 54.7 Å². The molecule has 3 rings (SSSR count). The lowest BCUT2D eigenvalue weighted by atomic mass is 10.2. The maximum absolute atomic E-state index is 13.6. The quantitative estimate of drug-likeness (QED) is 0.693. The summed E-state index contributed by atoms with van der Waals surface area (Å²) in [6.07, 6.45) is 1.37. The maximum Gasteiger partial charge on any atom is 0.279 e. The highest BCUT2D eigenvalue weighted by molar-refractivity contribution is 7.17. The molecule has 2 N–H and O–H groups in total. The van der Waals surface area contributed by atoms with Gasteiger partial charge in [-0.1, -0.05) is 30.3 Å². The molecule has 2 heterocycles. The van der Waals surface area contributed by atoms with E-state index in [-0.39, 0.29) is 11.8 Å². The molecule has 1 amide bonds. The number of pyridine rings is 1. The molecule has 0 aliphatic carbocycles. The molecule has 24 heavy (non-hydrogen) atoms. The first kappa shape index (κ1) is 15.9. The van der Waals surface area contributed by atoms with Crippen molar-refractivity contribution in [2.75, 3.05) is 12.5 Å². The summed E-state index contributed by atoms with van der Waals surface area (Å²) in [5.74, 6) is -1.02. The first-order valence-corrected chi connectivity index (χ1v) is 7.90. The second kappa shape index (κ2) is 7.10. The number of aromatic nitrogens is 1. The van der Waals surface area contributed by atoms with Crippen LogP contribution in [0.5, 0.6) is 5.88 Å². The van der Waals surface area contributed by atoms with E-state index in [0.717, 1.165) is 10.4 Å². The van der Waals surface area contributed by atoms with Gasteiger partial charge in [0.1, 0.15) is 0 Å². The summed E-state index contributed by atoms with van der Waals surface area (Å²) in [5, 5.41) is 0. The van der Waals surface area contributed by atoms with E-state index in [9.17, 15) is 9.18 Å². The molecular formula is C17H14FN3O2S. The van der Waals surface area contributed by atoms with Crippen molar-refractivity contribution in [3.05, 3.63) is 65.4 Å². The fraction of sp³-hybridized carbons (Fsp3) is 0.0588. The van der Waals surface area contributed by atoms with Gasteiger partial charge < -0.3 is 4.74 Å². The monoisotopic (exact) mass is 343 g/mol. The van der Waals surface area contributed by atoms with Crippen molar-refractivity contribution >= 4 is 22.9 Å². The second-order valence-corrected chi connectivity index (χ2v) is 5.91. The number of methoxy groups -OCH3 is 1. The van der Waals surface area contributed by atoms with Gasteiger partial charge in [-0.05, 0) is 17.7 Å². The molecule has 0 atom stereocenters. The zero-order valence-electron chi connectivity index (χ0n) is 12.7. The van der Waals surface area contributed by atoms with Gasteiger partial charge >= 0.3 is 0 Å². The SMILES string of the molecule is COc1ncc(NNC(=O)c2ccc(-c3ccccc3)s2)cc1F. The predicted octanol–water partition coefficient (Wildman–Crippen LogP) is 3.71. The Bertz CT molecular complexity index is 852. The van der Waals surface area contributed by atoms with E-state index >= 15 is 0 Å². The molecular weight excluding hydrogens is 329 g/mol. The van der Waals surface area contributed by atoms with Gasteiger partial charge in [0.25, 0.3) is 5.91 Å². The van der Waals surface area contributed by atoms with Crippen molar-refractivity contribution in [2.24, 2.45) is 0 Å². The Morgan fingerprint density at radius 2 is 2.00 bits per heavy atom. The van der Waals surface area contributed by atoms with Gasteiger partial charge in [0.2, 0.25) is 5.88 Å². The number of nitrogens with one attached hydrogen (secondary N) is 2. The van der Waals surface area contributed by atoms with E-state index in [1.807, 2.05) is 36.4 Å². The zero-order valence-corrected chi connectivity index (χ0v) is 13.6. The number of carbonyl (C=O) groups is 1. The van der Waals surface area contributed by atoms with Crippen LogP contribution in [0.4, 0.5) is 10.1 Å². The fourth-order valence-corrected chi connectivity index (χ4v) is 2.96. The molecule has 3 aromatic rings. The van der Waals surface area contributed by atoms with Gasteiger partial charge in [0.05, 0.1) is 23.9 Å². The number of anilines is 1. The second-order valence-electron chi connectivity index (χ2n) is 4.82. The van der Waals surface area contributed by atoms with Crippen LogP contribution in [-0.4, -0.2) is 18.0 Å². The highest BCUT2D eigenvalue weighted by atomic mass is 32.1. The normalized spacial score (nSPS) is 10.2. The Labute approximate surface area is 142 Å². The van der Waals surface area contributed by atoms with Crippen LogP contribution >= 0.6 is 11.3 Å². The molecule has 0 spiro atoms. The number of carbonyl (C=O) groups excluding carboxylic acids is 1. The highest BCUT2D eigenvalue weighted by Gasteiger charge is 2.11. The molecule has 0 radical (unpaired) electrons. The van der Waals surface area contributed by atoms with Crippen LogP contribution in [0.3, 0.4) is 0 Å². The Hall–Kier alpha value is -2.93. The van der Waals surface area contributed by atoms with E-state index in [4.69, 9.17) is 4.74 Å². The number of benzene rings is 1. The Morgan fingerprint density at radius 3 is 2.71 bits per heavy atom. The lowest BCUT2D eigenvalue weighted by molar-refractivity contribution is 0.0966. The van der Waals surface area contributed by atoms with Crippen LogP contribution in [0, 0.1) is 5.82 Å². The molecule has 2 aromatic heterocycles. The van der Waals surface area contributed by atoms with Crippen LogP contribution in [0.2, 0.25) is 0 Å². The zero-order chi connectivity index (χ0) is 16.9. The predicted molar refractivity (Wildman–Crippen MR) is 91.6 cm³/mol. The van der Waals surface area contributed by atoms with Gasteiger partial charge in [0, 0.05) is 10.9 Å². The Kier molecular flexibility index (Phi) is 4.72. The average molecular weight is 343 g/mol. The molecule has 122 valence electrons. The first-order valence-electron chi connectivity index (χ1n) is 7.08. The standard InChI is InChI=1S/C17H14FN3O2S/c1-23-17-13(18)9-12(10-19-17)20-21-16(22)15-8-7-14(24-15)11-5-3-2-4-6-11/h2-10,20H,1H3,(H,21,22). The van der Waals surface area contributed by atoms with Crippen molar-refractivity contribution in [2.45, 2.75) is 0 Å². The minimum Gasteiger partial charge on any atom is -0.479 e. The maximum atomic E-state index is 13.6. The molecule has 1 aromatic carbocycles. The highest BCUT2D eigenvalue weighted by Crippen LogP contribution is 2.27. The molecule has 0 aliphatic rings. The third-order valence-corrected chi connectivity index (χ3v) is 4.34. The third-order valence-electron chi connectivity index (χ3n) is 3.21. The number of ether oxygens (including phenoxy) is 1. The summed E-state index contributed by atoms with van der Waals surface area (Å²) in [6.45, 7) is 0. The van der Waals surface area contributed by atoms with Gasteiger partial charge in [-0.3, -0.25) is 15.6 Å². The number of hydrogen-bond acceptors (Lipinski definition) is 5. The smallest absolute Gasteiger partial charge is 0.279 e. The molecule has 0 bridgehead atoms. The number of rotatable bonds is 5.